The van der Waals surface area contributed by atoms with Gasteiger partial charge in [0.05, 0.1) is 5.69 Å². The van der Waals surface area contributed by atoms with Gasteiger partial charge in [0.25, 0.3) is 5.91 Å². The number of nitrogens with zero attached hydrogens (tertiary/aromatic N) is 3. The zero-order valence-corrected chi connectivity index (χ0v) is 18.6. The van der Waals surface area contributed by atoms with Crippen molar-refractivity contribution >= 4 is 22.2 Å². The zero-order valence-electron chi connectivity index (χ0n) is 17.8. The molecule has 1 amide bonds. The van der Waals surface area contributed by atoms with Crippen LogP contribution < -0.4 is 5.32 Å². The van der Waals surface area contributed by atoms with Crippen LogP contribution in [0.15, 0.2) is 53.9 Å². The number of nitrogens with one attached hydrogen (secondary N) is 1. The number of hydrogen-bond acceptors (Lipinski definition) is 4. The van der Waals surface area contributed by atoms with Gasteiger partial charge in [-0.3, -0.25) is 4.79 Å². The van der Waals surface area contributed by atoms with E-state index in [1.165, 1.54) is 5.56 Å². The average molecular weight is 419 g/mol. The molecule has 4 rings (SSSR count). The third-order valence-corrected chi connectivity index (χ3v) is 6.08. The van der Waals surface area contributed by atoms with Gasteiger partial charge in [0.15, 0.2) is 5.82 Å². The highest BCUT2D eigenvalue weighted by molar-refractivity contribution is 7.15. The second kappa shape index (κ2) is 8.03. The predicted octanol–water partition coefficient (Wildman–Crippen LogP) is 5.04. The van der Waals surface area contributed by atoms with Gasteiger partial charge in [0.1, 0.15) is 0 Å². The van der Waals surface area contributed by atoms with Gasteiger partial charge >= 0.3 is 0 Å². The van der Waals surface area contributed by atoms with Gasteiger partial charge in [-0.05, 0) is 35.6 Å². The average Bonchev–Trinajstić information content (AvgIpc) is 3.29. The van der Waals surface area contributed by atoms with Crippen LogP contribution in [-0.2, 0) is 11.8 Å². The van der Waals surface area contributed by atoms with Crippen molar-refractivity contribution in [1.29, 1.82) is 0 Å². The normalized spacial score (nSPS) is 11.7. The van der Waals surface area contributed by atoms with Crippen molar-refractivity contribution in [3.05, 3.63) is 76.3 Å². The molecule has 0 spiro atoms. The Labute approximate surface area is 180 Å². The molecule has 0 aliphatic carbocycles. The van der Waals surface area contributed by atoms with Gasteiger partial charge < -0.3 is 5.32 Å². The Morgan fingerprint density at radius 2 is 1.83 bits per heavy atom. The molecule has 0 atom stereocenters. The maximum atomic E-state index is 12.5. The quantitative estimate of drug-likeness (QED) is 0.494. The fourth-order valence-corrected chi connectivity index (χ4v) is 4.22. The first-order valence-electron chi connectivity index (χ1n) is 10.1. The number of hydrogen-bond donors (Lipinski definition) is 1. The number of aromatic nitrogens is 3. The molecule has 0 saturated heterocycles. The summed E-state index contributed by atoms with van der Waals surface area (Å²) in [7, 11) is 0. The highest BCUT2D eigenvalue weighted by atomic mass is 32.1. The fourth-order valence-electron chi connectivity index (χ4n) is 3.36. The number of rotatable bonds is 5. The number of thiazole rings is 1. The molecule has 0 saturated carbocycles. The van der Waals surface area contributed by atoms with Crippen LogP contribution in [0, 0.1) is 6.92 Å². The van der Waals surface area contributed by atoms with Gasteiger partial charge in [-0.15, -0.1) is 16.4 Å². The highest BCUT2D eigenvalue weighted by Crippen LogP contribution is 2.24. The molecule has 154 valence electrons. The lowest BCUT2D eigenvalue weighted by atomic mass is 9.87. The van der Waals surface area contributed by atoms with Gasteiger partial charge in [-0.25, -0.2) is 4.52 Å². The summed E-state index contributed by atoms with van der Waals surface area (Å²) >= 11 is 1.57. The number of carbonyl (C=O) groups is 1. The van der Waals surface area contributed by atoms with E-state index in [1.807, 2.05) is 47.0 Å². The minimum atomic E-state index is -0.0545. The number of amides is 1. The first-order chi connectivity index (χ1) is 14.3. The van der Waals surface area contributed by atoms with E-state index in [9.17, 15) is 4.79 Å². The second-order valence-corrected chi connectivity index (χ2v) is 9.34. The fraction of sp³-hybridized carbons (Fsp3) is 0.292. The lowest BCUT2D eigenvalue weighted by molar-refractivity contribution is 0.0954. The molecular weight excluding hydrogens is 392 g/mol. The predicted molar refractivity (Wildman–Crippen MR) is 122 cm³/mol. The van der Waals surface area contributed by atoms with Crippen LogP contribution in [0.25, 0.3) is 16.3 Å². The largest absolute Gasteiger partial charge is 0.352 e. The molecule has 1 N–H and O–H groups in total. The Balaban J connectivity index is 1.42. The van der Waals surface area contributed by atoms with E-state index in [0.717, 1.165) is 27.6 Å². The number of benzene rings is 2. The number of carbonyl (C=O) groups excluding carboxylic acids is 1. The topological polar surface area (TPSA) is 59.3 Å². The Kier molecular flexibility index (Phi) is 5.43. The van der Waals surface area contributed by atoms with Crippen molar-refractivity contribution in [1.82, 2.24) is 19.9 Å². The molecule has 2 aromatic carbocycles. The maximum absolute atomic E-state index is 12.5. The van der Waals surface area contributed by atoms with Crippen LogP contribution in [0.1, 0.15) is 48.0 Å². The van der Waals surface area contributed by atoms with Crippen LogP contribution in [0.3, 0.4) is 0 Å². The molecule has 2 aromatic heterocycles. The second-order valence-electron chi connectivity index (χ2n) is 8.50. The van der Waals surface area contributed by atoms with Crippen molar-refractivity contribution in [3.8, 4) is 11.4 Å². The molecule has 5 nitrogen and oxygen atoms in total. The molecule has 0 radical (unpaired) electrons. The monoisotopic (exact) mass is 418 g/mol. The summed E-state index contributed by atoms with van der Waals surface area (Å²) in [5.74, 6) is 0.685. The van der Waals surface area contributed by atoms with E-state index >= 15 is 0 Å². The Hall–Kier alpha value is -2.99. The first kappa shape index (κ1) is 20.3. The van der Waals surface area contributed by atoms with E-state index in [-0.39, 0.29) is 11.3 Å². The number of aryl methyl sites for hydroxylation is 1. The van der Waals surface area contributed by atoms with Gasteiger partial charge in [-0.2, -0.15) is 4.98 Å². The molecule has 4 aromatic rings. The smallest absolute Gasteiger partial charge is 0.251 e. The molecule has 0 aliphatic rings. The molecule has 0 fully saturated rings. The maximum Gasteiger partial charge on any atom is 0.251 e. The molecule has 0 unspecified atom stereocenters. The molecule has 6 heteroatoms. The van der Waals surface area contributed by atoms with Crippen LogP contribution >= 0.6 is 11.3 Å². The molecule has 0 aliphatic heterocycles. The van der Waals surface area contributed by atoms with E-state index in [4.69, 9.17) is 5.10 Å². The van der Waals surface area contributed by atoms with Crippen LogP contribution in [-0.4, -0.2) is 27.0 Å². The minimum absolute atomic E-state index is 0.0545. The molecule has 30 heavy (non-hydrogen) atoms. The van der Waals surface area contributed by atoms with Crippen molar-refractivity contribution in [2.24, 2.45) is 0 Å². The minimum Gasteiger partial charge on any atom is -0.352 e. The first-order valence-corrected chi connectivity index (χ1v) is 11.0. The van der Waals surface area contributed by atoms with Crippen LogP contribution in [0.2, 0.25) is 0 Å². The van der Waals surface area contributed by atoms with E-state index in [2.05, 4.69) is 49.4 Å². The van der Waals surface area contributed by atoms with Crippen molar-refractivity contribution in [2.45, 2.75) is 39.5 Å². The molecule has 2 heterocycles. The van der Waals surface area contributed by atoms with Crippen LogP contribution in [0.5, 0.6) is 0 Å². The van der Waals surface area contributed by atoms with E-state index in [0.29, 0.717) is 18.5 Å². The van der Waals surface area contributed by atoms with Crippen molar-refractivity contribution in [3.63, 3.8) is 0 Å². The van der Waals surface area contributed by atoms with Crippen LogP contribution in [0.4, 0.5) is 0 Å². The Bertz CT molecular complexity index is 1180. The van der Waals surface area contributed by atoms with Gasteiger partial charge in [0.2, 0.25) is 4.96 Å². The van der Waals surface area contributed by atoms with Crippen molar-refractivity contribution in [2.75, 3.05) is 6.54 Å². The molecular formula is C24H26N4OS. The zero-order chi connectivity index (χ0) is 21.3. The summed E-state index contributed by atoms with van der Waals surface area (Å²) in [5, 5.41) is 9.76. The van der Waals surface area contributed by atoms with Gasteiger partial charge in [0, 0.05) is 29.5 Å². The lowest BCUT2D eigenvalue weighted by Crippen LogP contribution is -2.26. The molecule has 0 bridgehead atoms. The summed E-state index contributed by atoms with van der Waals surface area (Å²) in [6.45, 7) is 9.11. The Morgan fingerprint density at radius 3 is 2.53 bits per heavy atom. The summed E-state index contributed by atoms with van der Waals surface area (Å²) in [6.07, 6.45) is 0.697. The number of fused-ring (bicyclic) bond motifs is 1. The standard InChI is InChI=1S/C24H26N4OS/c1-16-7-5-6-8-20(16)21-26-23-28(27-21)19(15-30-23)13-14-25-22(29)17-9-11-18(12-10-17)24(2,3)4/h5-12,15H,13-14H2,1-4H3,(H,25,29). The third kappa shape index (κ3) is 4.14. The SMILES string of the molecule is Cc1ccccc1-c1nc2scc(CCNC(=O)c3ccc(C(C)(C)C)cc3)n2n1. The summed E-state index contributed by atoms with van der Waals surface area (Å²) in [5.41, 5.74) is 5.23. The summed E-state index contributed by atoms with van der Waals surface area (Å²) in [4.78, 5) is 18.0. The summed E-state index contributed by atoms with van der Waals surface area (Å²) < 4.78 is 1.89. The van der Waals surface area contributed by atoms with E-state index in [1.54, 1.807) is 11.3 Å². The van der Waals surface area contributed by atoms with Crippen molar-refractivity contribution < 1.29 is 4.79 Å². The third-order valence-electron chi connectivity index (χ3n) is 5.22. The lowest BCUT2D eigenvalue weighted by Gasteiger charge is -2.19. The van der Waals surface area contributed by atoms with E-state index < -0.39 is 0 Å². The summed E-state index contributed by atoms with van der Waals surface area (Å²) in [6, 6.07) is 16.0. The Morgan fingerprint density at radius 1 is 1.10 bits per heavy atom. The highest BCUT2D eigenvalue weighted by Gasteiger charge is 2.15. The van der Waals surface area contributed by atoms with Gasteiger partial charge in [-0.1, -0.05) is 57.2 Å².